The number of rotatable bonds is 4. The van der Waals surface area contributed by atoms with Gasteiger partial charge in [0, 0.05) is 17.0 Å². The largest absolute Gasteiger partial charge is 0.326 e. The summed E-state index contributed by atoms with van der Waals surface area (Å²) in [7, 11) is -1.23. The second-order valence-corrected chi connectivity index (χ2v) is 5.89. The Hall–Kier alpha value is -1.52. The fraction of sp³-hybridized carbons (Fsp3) is 0.200. The van der Waals surface area contributed by atoms with E-state index in [1.165, 1.54) is 6.07 Å². The molecule has 0 aliphatic heterocycles. The van der Waals surface area contributed by atoms with Gasteiger partial charge in [-0.25, -0.2) is 4.39 Å². The highest BCUT2D eigenvalue weighted by molar-refractivity contribution is 7.84. The molecule has 0 aromatic heterocycles. The summed E-state index contributed by atoms with van der Waals surface area (Å²) in [5.41, 5.74) is 7.69. The summed E-state index contributed by atoms with van der Waals surface area (Å²) < 4.78 is 26.0. The predicted molar refractivity (Wildman–Crippen MR) is 75.6 cm³/mol. The zero-order valence-corrected chi connectivity index (χ0v) is 11.5. The number of benzene rings is 2. The van der Waals surface area contributed by atoms with Gasteiger partial charge in [-0.15, -0.1) is 0 Å². The van der Waals surface area contributed by atoms with Gasteiger partial charge in [-0.05, 0) is 36.2 Å². The van der Waals surface area contributed by atoms with Gasteiger partial charge in [-0.1, -0.05) is 24.3 Å². The summed E-state index contributed by atoms with van der Waals surface area (Å²) >= 11 is 0. The van der Waals surface area contributed by atoms with Crippen molar-refractivity contribution in [2.24, 2.45) is 5.73 Å². The lowest BCUT2D eigenvalue weighted by Gasteiger charge is -2.06. The van der Waals surface area contributed by atoms with E-state index in [0.717, 1.165) is 16.0 Å². The number of hydrogen-bond donors (Lipinski definition) is 1. The van der Waals surface area contributed by atoms with Crippen LogP contribution < -0.4 is 5.73 Å². The van der Waals surface area contributed by atoms with E-state index in [4.69, 9.17) is 5.73 Å². The van der Waals surface area contributed by atoms with Crippen molar-refractivity contribution in [1.29, 1.82) is 0 Å². The highest BCUT2D eigenvalue weighted by Crippen LogP contribution is 2.17. The van der Waals surface area contributed by atoms with Crippen molar-refractivity contribution in [2.75, 3.05) is 0 Å². The van der Waals surface area contributed by atoms with E-state index < -0.39 is 10.8 Å². The molecule has 0 radical (unpaired) electrons. The third-order valence-electron chi connectivity index (χ3n) is 2.89. The Bertz CT molecular complexity index is 613. The number of halogens is 1. The average molecular weight is 277 g/mol. The summed E-state index contributed by atoms with van der Waals surface area (Å²) in [6.45, 7) is 2.25. The molecule has 0 saturated heterocycles. The molecule has 1 unspecified atom stereocenters. The maximum absolute atomic E-state index is 13.8. The van der Waals surface area contributed by atoms with Gasteiger partial charge in [-0.3, -0.25) is 4.21 Å². The minimum absolute atomic E-state index is 0.181. The van der Waals surface area contributed by atoms with E-state index in [-0.39, 0.29) is 11.6 Å². The molecule has 0 spiro atoms. The van der Waals surface area contributed by atoms with Crippen LogP contribution in [0.25, 0.3) is 0 Å². The first-order valence-corrected chi connectivity index (χ1v) is 7.34. The van der Waals surface area contributed by atoms with Crippen LogP contribution in [0.2, 0.25) is 0 Å². The van der Waals surface area contributed by atoms with E-state index in [1.807, 2.05) is 25.1 Å². The van der Waals surface area contributed by atoms with Gasteiger partial charge in [-0.2, -0.15) is 0 Å². The number of hydrogen-bond acceptors (Lipinski definition) is 2. The molecule has 2 aromatic carbocycles. The Balaban J connectivity index is 2.19. The highest BCUT2D eigenvalue weighted by Gasteiger charge is 2.09. The van der Waals surface area contributed by atoms with Gasteiger partial charge in [0.05, 0.1) is 16.6 Å². The number of nitrogens with two attached hydrogens (primary N) is 1. The molecule has 100 valence electrons. The van der Waals surface area contributed by atoms with Gasteiger partial charge in [0.15, 0.2) is 0 Å². The van der Waals surface area contributed by atoms with Gasteiger partial charge >= 0.3 is 0 Å². The van der Waals surface area contributed by atoms with Crippen LogP contribution >= 0.6 is 0 Å². The predicted octanol–water partition coefficient (Wildman–Crippen LogP) is 2.90. The molecule has 19 heavy (non-hydrogen) atoms. The smallest absolute Gasteiger partial charge is 0.127 e. The van der Waals surface area contributed by atoms with Crippen LogP contribution in [-0.4, -0.2) is 4.21 Å². The Morgan fingerprint density at radius 1 is 1.21 bits per heavy atom. The quantitative estimate of drug-likeness (QED) is 0.933. The maximum Gasteiger partial charge on any atom is 0.127 e. The molecule has 0 aliphatic carbocycles. The molecule has 0 fully saturated rings. The first kappa shape index (κ1) is 13.9. The molecule has 0 saturated carbocycles. The minimum atomic E-state index is -1.23. The molecule has 0 amide bonds. The minimum Gasteiger partial charge on any atom is -0.326 e. The van der Waals surface area contributed by atoms with Gasteiger partial charge in [0.2, 0.25) is 0 Å². The van der Waals surface area contributed by atoms with Crippen molar-refractivity contribution in [3.63, 3.8) is 0 Å². The Labute approximate surface area is 114 Å². The first-order valence-electron chi connectivity index (χ1n) is 6.02. The lowest BCUT2D eigenvalue weighted by molar-refractivity contribution is 0.613. The molecule has 2 aromatic rings. The topological polar surface area (TPSA) is 43.1 Å². The third-order valence-corrected chi connectivity index (χ3v) is 4.25. The Kier molecular flexibility index (Phi) is 4.45. The maximum atomic E-state index is 13.8. The molecule has 0 aliphatic rings. The van der Waals surface area contributed by atoms with E-state index >= 15 is 0 Å². The second-order valence-electron chi connectivity index (χ2n) is 4.44. The molecule has 0 bridgehead atoms. The average Bonchev–Trinajstić information content (AvgIpc) is 2.41. The Morgan fingerprint density at radius 2 is 2.00 bits per heavy atom. The summed E-state index contributed by atoms with van der Waals surface area (Å²) in [6, 6.07) is 12.3. The third kappa shape index (κ3) is 3.49. The van der Waals surface area contributed by atoms with Crippen LogP contribution in [0.5, 0.6) is 0 Å². The zero-order chi connectivity index (χ0) is 13.8. The summed E-state index contributed by atoms with van der Waals surface area (Å²) in [5.74, 6) is -0.163. The molecule has 4 heteroatoms. The lowest BCUT2D eigenvalue weighted by Crippen LogP contribution is -2.02. The van der Waals surface area contributed by atoms with E-state index in [1.54, 1.807) is 18.2 Å². The van der Waals surface area contributed by atoms with E-state index in [9.17, 15) is 8.60 Å². The lowest BCUT2D eigenvalue weighted by atomic mass is 10.1. The normalized spacial score (nSPS) is 12.4. The molecular formula is C15H16FNOS. The molecule has 2 N–H and O–H groups in total. The van der Waals surface area contributed by atoms with Crippen molar-refractivity contribution in [2.45, 2.75) is 24.1 Å². The summed E-state index contributed by atoms with van der Waals surface area (Å²) in [5, 5.41) is 0. The van der Waals surface area contributed by atoms with Crippen LogP contribution in [0.4, 0.5) is 4.39 Å². The van der Waals surface area contributed by atoms with Gasteiger partial charge in [0.25, 0.3) is 0 Å². The van der Waals surface area contributed by atoms with Gasteiger partial charge < -0.3 is 5.73 Å². The van der Waals surface area contributed by atoms with E-state index in [0.29, 0.717) is 12.1 Å². The van der Waals surface area contributed by atoms with Crippen LogP contribution in [0.15, 0.2) is 47.4 Å². The first-order chi connectivity index (χ1) is 9.10. The van der Waals surface area contributed by atoms with Crippen LogP contribution in [0.1, 0.15) is 16.7 Å². The molecular weight excluding hydrogens is 261 g/mol. The highest BCUT2D eigenvalue weighted by atomic mass is 32.2. The van der Waals surface area contributed by atoms with Crippen LogP contribution in [-0.2, 0) is 23.1 Å². The zero-order valence-electron chi connectivity index (χ0n) is 10.7. The van der Waals surface area contributed by atoms with Gasteiger partial charge in [0.1, 0.15) is 5.82 Å². The van der Waals surface area contributed by atoms with E-state index in [2.05, 4.69) is 0 Å². The SMILES string of the molecule is Cc1cccc(S(=O)Cc2ccc(CN)cc2F)c1. The van der Waals surface area contributed by atoms with Crippen LogP contribution in [0.3, 0.4) is 0 Å². The second kappa shape index (κ2) is 6.08. The van der Waals surface area contributed by atoms with Crippen molar-refractivity contribution >= 4 is 10.8 Å². The van der Waals surface area contributed by atoms with Crippen molar-refractivity contribution in [3.05, 3.63) is 65.0 Å². The molecule has 1 atom stereocenters. The summed E-state index contributed by atoms with van der Waals surface area (Å²) in [6.07, 6.45) is 0. The van der Waals surface area contributed by atoms with Crippen molar-refractivity contribution in [1.82, 2.24) is 0 Å². The monoisotopic (exact) mass is 277 g/mol. The summed E-state index contributed by atoms with van der Waals surface area (Å²) in [4.78, 5) is 0.724. The fourth-order valence-corrected chi connectivity index (χ4v) is 3.05. The molecule has 2 rings (SSSR count). The van der Waals surface area contributed by atoms with Crippen molar-refractivity contribution < 1.29 is 8.60 Å². The molecule has 0 heterocycles. The van der Waals surface area contributed by atoms with Crippen LogP contribution in [0, 0.1) is 12.7 Å². The molecule has 2 nitrogen and oxygen atoms in total. The number of aryl methyl sites for hydroxylation is 1. The Morgan fingerprint density at radius 3 is 2.63 bits per heavy atom. The standard InChI is InChI=1S/C15H16FNOS/c1-11-3-2-4-14(7-11)19(18)10-13-6-5-12(9-17)8-15(13)16/h2-8H,9-10,17H2,1H3. The van der Waals surface area contributed by atoms with Crippen molar-refractivity contribution in [3.8, 4) is 0 Å². The fourth-order valence-electron chi connectivity index (χ4n) is 1.82.